The molecule has 1 aliphatic carbocycles. The molecule has 0 unspecified atom stereocenters. The first-order chi connectivity index (χ1) is 25.0. The van der Waals surface area contributed by atoms with Gasteiger partial charge in [-0.25, -0.2) is 14.8 Å². The van der Waals surface area contributed by atoms with Crippen molar-refractivity contribution in [2.45, 2.75) is 63.6 Å². The van der Waals surface area contributed by atoms with Crippen molar-refractivity contribution in [2.24, 2.45) is 0 Å². The van der Waals surface area contributed by atoms with Crippen LogP contribution in [0.1, 0.15) is 56.6 Å². The number of para-hydroxylation sites is 1. The first-order valence-corrected chi connectivity index (χ1v) is 18.1. The fourth-order valence-electron chi connectivity index (χ4n) is 7.66. The molecule has 3 amide bonds. The molecule has 5 aromatic rings. The number of imide groups is 1. The quantitative estimate of drug-likeness (QED) is 0.143. The minimum atomic E-state index is -0.352. The van der Waals surface area contributed by atoms with Crippen LogP contribution >= 0.6 is 0 Å². The van der Waals surface area contributed by atoms with E-state index in [1.54, 1.807) is 4.90 Å². The van der Waals surface area contributed by atoms with Crippen molar-refractivity contribution in [3.8, 4) is 0 Å². The Morgan fingerprint density at radius 3 is 2.24 bits per heavy atom. The Labute approximate surface area is 297 Å². The normalized spacial score (nSPS) is 17.4. The fraction of sp³-hybridized carbons (Fsp3) is 0.359. The standard InChI is InChI=1S/C39H44N10O2/c1-46(26-27-11-15-32(16-12-27)48-24-21-35(50)44-39(48)51)30-19-22-47(23-20-30)31-17-13-29(14-18-31)41-37-40-25-34-36(45-37)49(33-9-5-6-10-33)38(43-34)42-28-7-3-2-4-8-28/h2-4,7-8,11-18,25,30,33H,5-6,9-10,19-24,26H2,1H3,(H,42,43)(H,40,41,45)(H,44,50,51). The maximum atomic E-state index is 12.2. The van der Waals surface area contributed by atoms with Crippen LogP contribution in [-0.2, 0) is 11.3 Å². The molecule has 2 aromatic heterocycles. The molecule has 0 radical (unpaired) electrons. The highest BCUT2D eigenvalue weighted by Gasteiger charge is 2.26. The van der Waals surface area contributed by atoms with E-state index in [0.717, 1.165) is 79.5 Å². The van der Waals surface area contributed by atoms with Gasteiger partial charge >= 0.3 is 6.03 Å². The van der Waals surface area contributed by atoms with Gasteiger partial charge in [0.2, 0.25) is 17.8 Å². The third kappa shape index (κ3) is 7.23. The zero-order valence-electron chi connectivity index (χ0n) is 29.0. The number of piperidine rings is 1. The summed E-state index contributed by atoms with van der Waals surface area (Å²) in [5.74, 6) is 1.16. The first-order valence-electron chi connectivity index (χ1n) is 18.1. The average Bonchev–Trinajstić information content (AvgIpc) is 3.81. The van der Waals surface area contributed by atoms with E-state index >= 15 is 0 Å². The first kappa shape index (κ1) is 32.7. The van der Waals surface area contributed by atoms with Gasteiger partial charge in [0.15, 0.2) is 5.65 Å². The molecule has 3 N–H and O–H groups in total. The minimum Gasteiger partial charge on any atom is -0.371 e. The molecule has 51 heavy (non-hydrogen) atoms. The summed E-state index contributed by atoms with van der Waals surface area (Å²) in [6.45, 7) is 3.24. The van der Waals surface area contributed by atoms with Crippen molar-refractivity contribution in [3.05, 3.63) is 90.6 Å². The van der Waals surface area contributed by atoms with Crippen molar-refractivity contribution < 1.29 is 9.59 Å². The maximum absolute atomic E-state index is 12.2. The Hall–Kier alpha value is -5.49. The van der Waals surface area contributed by atoms with Crippen molar-refractivity contribution in [3.63, 3.8) is 0 Å². The van der Waals surface area contributed by atoms with Crippen LogP contribution in [0.25, 0.3) is 11.2 Å². The molecule has 1 saturated carbocycles. The van der Waals surface area contributed by atoms with E-state index in [9.17, 15) is 9.59 Å². The van der Waals surface area contributed by atoms with Crippen molar-refractivity contribution >= 4 is 57.7 Å². The highest BCUT2D eigenvalue weighted by Crippen LogP contribution is 2.36. The summed E-state index contributed by atoms with van der Waals surface area (Å²) in [7, 11) is 2.19. The van der Waals surface area contributed by atoms with E-state index in [1.165, 1.54) is 24.1 Å². The van der Waals surface area contributed by atoms with Crippen LogP contribution in [0.5, 0.6) is 0 Å². The number of anilines is 6. The van der Waals surface area contributed by atoms with Gasteiger partial charge in [0, 0.05) is 67.4 Å². The summed E-state index contributed by atoms with van der Waals surface area (Å²) in [6, 6.07) is 27.3. The van der Waals surface area contributed by atoms with Crippen molar-refractivity contribution in [2.75, 3.05) is 47.1 Å². The monoisotopic (exact) mass is 684 g/mol. The van der Waals surface area contributed by atoms with Gasteiger partial charge in [0.25, 0.3) is 0 Å². The van der Waals surface area contributed by atoms with Crippen molar-refractivity contribution in [1.82, 2.24) is 29.7 Å². The smallest absolute Gasteiger partial charge is 0.328 e. The number of benzene rings is 3. The second-order valence-corrected chi connectivity index (χ2v) is 13.9. The maximum Gasteiger partial charge on any atom is 0.328 e. The molecular formula is C39H44N10O2. The average molecular weight is 685 g/mol. The Kier molecular flexibility index (Phi) is 9.23. The van der Waals surface area contributed by atoms with Crippen LogP contribution in [-0.4, -0.2) is 69.1 Å². The van der Waals surface area contributed by atoms with Gasteiger partial charge in [0.05, 0.1) is 6.20 Å². The number of aromatic nitrogens is 4. The highest BCUT2D eigenvalue weighted by molar-refractivity contribution is 6.05. The molecule has 2 aliphatic heterocycles. The number of urea groups is 1. The molecule has 12 heteroatoms. The van der Waals surface area contributed by atoms with Gasteiger partial charge < -0.3 is 15.5 Å². The van der Waals surface area contributed by atoms with Gasteiger partial charge in [0.1, 0.15) is 5.52 Å². The molecule has 0 atom stereocenters. The third-order valence-corrected chi connectivity index (χ3v) is 10.5. The Morgan fingerprint density at radius 2 is 1.51 bits per heavy atom. The van der Waals surface area contributed by atoms with Gasteiger partial charge in [-0.05, 0) is 86.8 Å². The lowest BCUT2D eigenvalue weighted by Gasteiger charge is -2.38. The number of nitrogens with zero attached hydrogens (tertiary/aromatic N) is 7. The number of nitrogens with one attached hydrogen (secondary N) is 3. The van der Waals surface area contributed by atoms with Crippen LogP contribution in [0, 0.1) is 0 Å². The topological polar surface area (TPSA) is 124 Å². The van der Waals surface area contributed by atoms with E-state index in [1.807, 2.05) is 36.5 Å². The predicted octanol–water partition coefficient (Wildman–Crippen LogP) is 6.98. The molecule has 3 fully saturated rings. The second-order valence-electron chi connectivity index (χ2n) is 13.9. The van der Waals surface area contributed by atoms with Crippen LogP contribution in [0.4, 0.5) is 39.4 Å². The zero-order valence-corrected chi connectivity index (χ0v) is 29.0. The number of imidazole rings is 1. The van der Waals surface area contributed by atoms with Crippen molar-refractivity contribution in [1.29, 1.82) is 0 Å². The summed E-state index contributed by atoms with van der Waals surface area (Å²) in [5, 5.41) is 9.33. The van der Waals surface area contributed by atoms with E-state index < -0.39 is 0 Å². The lowest BCUT2D eigenvalue weighted by atomic mass is 10.0. The molecule has 0 bridgehead atoms. The molecule has 4 heterocycles. The largest absolute Gasteiger partial charge is 0.371 e. The lowest BCUT2D eigenvalue weighted by Crippen LogP contribution is -2.49. The lowest BCUT2D eigenvalue weighted by molar-refractivity contribution is -0.120. The number of rotatable bonds is 10. The number of hydrogen-bond acceptors (Lipinski definition) is 9. The predicted molar refractivity (Wildman–Crippen MR) is 201 cm³/mol. The molecule has 3 aliphatic rings. The van der Waals surface area contributed by atoms with Gasteiger partial charge in [-0.15, -0.1) is 0 Å². The number of hydrogen-bond donors (Lipinski definition) is 3. The Balaban J connectivity index is 0.871. The molecule has 3 aromatic carbocycles. The van der Waals surface area contributed by atoms with E-state index in [4.69, 9.17) is 9.97 Å². The summed E-state index contributed by atoms with van der Waals surface area (Å²) in [4.78, 5) is 44.7. The highest BCUT2D eigenvalue weighted by atomic mass is 16.2. The van der Waals surface area contributed by atoms with Crippen LogP contribution in [0.2, 0.25) is 0 Å². The minimum absolute atomic E-state index is 0.219. The van der Waals surface area contributed by atoms with E-state index in [2.05, 4.69) is 90.9 Å². The summed E-state index contributed by atoms with van der Waals surface area (Å²) in [5.41, 5.74) is 6.82. The molecular weight excluding hydrogens is 640 g/mol. The summed E-state index contributed by atoms with van der Waals surface area (Å²) >= 11 is 0. The van der Waals surface area contributed by atoms with Crippen LogP contribution in [0.15, 0.2) is 85.1 Å². The molecule has 12 nitrogen and oxygen atoms in total. The summed E-state index contributed by atoms with van der Waals surface area (Å²) < 4.78 is 2.27. The number of amides is 3. The zero-order chi connectivity index (χ0) is 34.7. The summed E-state index contributed by atoms with van der Waals surface area (Å²) in [6.07, 6.45) is 8.99. The molecule has 0 spiro atoms. The number of carbonyl (C=O) groups is 2. The second kappa shape index (κ2) is 14.4. The Morgan fingerprint density at radius 1 is 0.804 bits per heavy atom. The van der Waals surface area contributed by atoms with E-state index in [-0.39, 0.29) is 11.9 Å². The molecule has 2 saturated heterocycles. The van der Waals surface area contributed by atoms with E-state index in [0.29, 0.717) is 31.0 Å². The molecule has 8 rings (SSSR count). The number of carbonyl (C=O) groups excluding carboxylic acids is 2. The molecule has 262 valence electrons. The van der Waals surface area contributed by atoms with Crippen LogP contribution in [0.3, 0.4) is 0 Å². The number of fused-ring (bicyclic) bond motifs is 1. The fourth-order valence-corrected chi connectivity index (χ4v) is 7.66. The van der Waals surface area contributed by atoms with Crippen LogP contribution < -0.4 is 25.8 Å². The van der Waals surface area contributed by atoms with Gasteiger partial charge in [-0.2, -0.15) is 4.98 Å². The Bertz CT molecular complexity index is 1980. The van der Waals surface area contributed by atoms with Gasteiger partial charge in [-0.1, -0.05) is 43.2 Å². The van der Waals surface area contributed by atoms with Gasteiger partial charge in [-0.3, -0.25) is 24.5 Å². The SMILES string of the molecule is CN(Cc1ccc(N2CCC(=O)NC2=O)cc1)C1CCN(c2ccc(Nc3ncc4nc(Nc5ccccc5)n(C5CCCC5)c4n3)cc2)CC1. The third-order valence-electron chi connectivity index (χ3n) is 10.5.